The average molecular weight is 331 g/mol. The first-order valence-electron chi connectivity index (χ1n) is 7.77. The van der Waals surface area contributed by atoms with Crippen LogP contribution in [0.4, 0.5) is 0 Å². The fraction of sp³-hybridized carbons (Fsp3) is 0.412. The minimum absolute atomic E-state index is 0.0589. The van der Waals surface area contributed by atoms with E-state index in [0.29, 0.717) is 13.0 Å². The van der Waals surface area contributed by atoms with Gasteiger partial charge in [-0.1, -0.05) is 24.3 Å². The van der Waals surface area contributed by atoms with E-state index in [4.69, 9.17) is 0 Å². The smallest absolute Gasteiger partial charge is 0.237 e. The number of carbonyl (C=O) groups is 1. The summed E-state index contributed by atoms with van der Waals surface area (Å²) >= 11 is 1.63. The van der Waals surface area contributed by atoms with E-state index in [1.807, 2.05) is 31.5 Å². The number of aliphatic hydroxyl groups excluding tert-OH is 1. The number of nitrogens with zero attached hydrogens (tertiary/aromatic N) is 1. The van der Waals surface area contributed by atoms with Gasteiger partial charge in [-0.2, -0.15) is 0 Å². The number of aromatic nitrogens is 1. The number of nitrogens with one attached hydrogen (secondary N) is 2. The summed E-state index contributed by atoms with van der Waals surface area (Å²) in [6.07, 6.45) is 0.0466. The minimum atomic E-state index is -0.428. The molecule has 3 N–H and O–H groups in total. The number of hydrogen-bond acceptors (Lipinski definition) is 5. The second-order valence-electron chi connectivity index (χ2n) is 5.97. The molecule has 2 aromatic rings. The van der Waals surface area contributed by atoms with Crippen LogP contribution in [0, 0.1) is 6.92 Å². The first-order valence-corrected chi connectivity index (χ1v) is 8.65. The molecule has 1 aromatic carbocycles. The molecule has 1 aliphatic heterocycles. The molecule has 1 fully saturated rings. The van der Waals surface area contributed by atoms with E-state index in [2.05, 4.69) is 27.8 Å². The largest absolute Gasteiger partial charge is 0.392 e. The highest BCUT2D eigenvalue weighted by Gasteiger charge is 2.28. The molecular weight excluding hydrogens is 310 g/mol. The highest BCUT2D eigenvalue weighted by Crippen LogP contribution is 2.28. The lowest BCUT2D eigenvalue weighted by molar-refractivity contribution is -0.123. The van der Waals surface area contributed by atoms with E-state index in [9.17, 15) is 9.90 Å². The summed E-state index contributed by atoms with van der Waals surface area (Å²) in [5, 5.41) is 15.5. The number of rotatable bonds is 4. The first kappa shape index (κ1) is 16.1. The third kappa shape index (κ3) is 3.60. The summed E-state index contributed by atoms with van der Waals surface area (Å²) < 4.78 is 0. The Hall–Kier alpha value is -1.76. The van der Waals surface area contributed by atoms with Crippen LogP contribution >= 0.6 is 11.3 Å². The molecule has 0 aliphatic carbocycles. The van der Waals surface area contributed by atoms with Crippen LogP contribution < -0.4 is 10.6 Å². The second kappa shape index (κ2) is 6.78. The van der Waals surface area contributed by atoms with Gasteiger partial charge in [0.2, 0.25) is 5.91 Å². The van der Waals surface area contributed by atoms with E-state index >= 15 is 0 Å². The Bertz CT molecular complexity index is 683. The first-order chi connectivity index (χ1) is 11.0. The summed E-state index contributed by atoms with van der Waals surface area (Å²) in [5.74, 6) is -0.0589. The Morgan fingerprint density at radius 1 is 1.43 bits per heavy atom. The highest BCUT2D eigenvalue weighted by atomic mass is 32.1. The maximum absolute atomic E-state index is 12.2. The third-order valence-corrected chi connectivity index (χ3v) is 5.18. The lowest BCUT2D eigenvalue weighted by atomic mass is 10.0. The van der Waals surface area contributed by atoms with Crippen molar-refractivity contribution >= 4 is 17.2 Å². The van der Waals surface area contributed by atoms with Gasteiger partial charge in [0.1, 0.15) is 0 Å². The molecule has 0 unspecified atom stereocenters. The molecule has 6 heteroatoms. The van der Waals surface area contributed by atoms with Crippen molar-refractivity contribution in [3.8, 4) is 10.4 Å². The molecule has 0 bridgehead atoms. The van der Waals surface area contributed by atoms with Gasteiger partial charge in [-0.3, -0.25) is 4.79 Å². The number of thiazole rings is 1. The van der Waals surface area contributed by atoms with Gasteiger partial charge in [-0.15, -0.1) is 11.3 Å². The predicted molar refractivity (Wildman–Crippen MR) is 91.3 cm³/mol. The molecule has 2 heterocycles. The fourth-order valence-corrected chi connectivity index (χ4v) is 3.63. The van der Waals surface area contributed by atoms with Gasteiger partial charge < -0.3 is 15.7 Å². The maximum Gasteiger partial charge on any atom is 0.237 e. The molecule has 0 spiro atoms. The molecule has 1 amide bonds. The monoisotopic (exact) mass is 331 g/mol. The molecule has 0 saturated carbocycles. The maximum atomic E-state index is 12.2. The number of aliphatic hydroxyl groups is 1. The lowest BCUT2D eigenvalue weighted by Gasteiger charge is -2.18. The zero-order valence-electron chi connectivity index (χ0n) is 13.2. The van der Waals surface area contributed by atoms with Crippen molar-refractivity contribution in [3.05, 3.63) is 41.0 Å². The molecule has 23 heavy (non-hydrogen) atoms. The molecule has 1 aromatic heterocycles. The van der Waals surface area contributed by atoms with Crippen LogP contribution in [-0.2, 0) is 4.79 Å². The zero-order valence-corrected chi connectivity index (χ0v) is 14.1. The van der Waals surface area contributed by atoms with Crippen LogP contribution in [0.15, 0.2) is 29.8 Å². The van der Waals surface area contributed by atoms with Crippen molar-refractivity contribution in [2.24, 2.45) is 0 Å². The standard InChI is InChI=1S/C17H21N3O2S/c1-10(20-17(22)15-7-14(21)8-18-15)12-3-5-13(6-4-12)16-11(2)19-9-23-16/h3-6,9-10,14-15,18,21H,7-8H2,1-2H3,(H,20,22)/t10-,14-,15-/m0/s1. The molecule has 1 saturated heterocycles. The highest BCUT2D eigenvalue weighted by molar-refractivity contribution is 7.13. The van der Waals surface area contributed by atoms with E-state index in [-0.39, 0.29) is 18.0 Å². The van der Waals surface area contributed by atoms with Crippen LogP contribution in [0.1, 0.15) is 30.6 Å². The van der Waals surface area contributed by atoms with Gasteiger partial charge >= 0.3 is 0 Å². The van der Waals surface area contributed by atoms with Gasteiger partial charge in [0.25, 0.3) is 0 Å². The molecule has 0 radical (unpaired) electrons. The fourth-order valence-electron chi connectivity index (χ4n) is 2.82. The Morgan fingerprint density at radius 3 is 2.74 bits per heavy atom. The number of β-amino-alcohol motifs (C(OH)–C–C–N with tert-alkyl or cyclic N) is 1. The van der Waals surface area contributed by atoms with E-state index in [1.165, 1.54) is 4.88 Å². The van der Waals surface area contributed by atoms with Crippen molar-refractivity contribution in [1.29, 1.82) is 0 Å². The molecular formula is C17H21N3O2S. The molecule has 1 aliphatic rings. The van der Waals surface area contributed by atoms with E-state index in [1.54, 1.807) is 11.3 Å². The van der Waals surface area contributed by atoms with Crippen molar-refractivity contribution in [1.82, 2.24) is 15.6 Å². The molecule has 5 nitrogen and oxygen atoms in total. The van der Waals surface area contributed by atoms with Crippen LogP contribution in [0.25, 0.3) is 10.4 Å². The average Bonchev–Trinajstić information content (AvgIpc) is 3.16. The predicted octanol–water partition coefficient (Wildman–Crippen LogP) is 2.02. The van der Waals surface area contributed by atoms with Gasteiger partial charge in [0, 0.05) is 6.54 Å². The minimum Gasteiger partial charge on any atom is -0.392 e. The third-order valence-electron chi connectivity index (χ3n) is 4.20. The molecule has 3 rings (SSSR count). The number of hydrogen-bond donors (Lipinski definition) is 3. The number of carbonyl (C=O) groups excluding carboxylic acids is 1. The summed E-state index contributed by atoms with van der Waals surface area (Å²) in [6.45, 7) is 4.46. The Kier molecular flexibility index (Phi) is 4.75. The van der Waals surface area contributed by atoms with Crippen molar-refractivity contribution in [2.75, 3.05) is 6.54 Å². The normalized spacial score (nSPS) is 22.0. The number of aryl methyl sites for hydroxylation is 1. The van der Waals surface area contributed by atoms with Crippen LogP contribution in [0.2, 0.25) is 0 Å². The van der Waals surface area contributed by atoms with Gasteiger partial charge in [-0.05, 0) is 31.4 Å². The molecule has 3 atom stereocenters. The second-order valence-corrected chi connectivity index (χ2v) is 6.82. The summed E-state index contributed by atoms with van der Waals surface area (Å²) in [5.41, 5.74) is 5.09. The van der Waals surface area contributed by atoms with E-state index in [0.717, 1.165) is 16.8 Å². The summed E-state index contributed by atoms with van der Waals surface area (Å²) in [4.78, 5) is 17.6. The van der Waals surface area contributed by atoms with Crippen LogP contribution in [-0.4, -0.2) is 34.7 Å². The SMILES string of the molecule is Cc1ncsc1-c1ccc([C@H](C)NC(=O)[C@@H]2C[C@H](O)CN2)cc1. The quantitative estimate of drug-likeness (QED) is 0.801. The molecule has 122 valence electrons. The van der Waals surface area contributed by atoms with Crippen molar-refractivity contribution < 1.29 is 9.90 Å². The Balaban J connectivity index is 1.65. The van der Waals surface area contributed by atoms with Gasteiger partial charge in [-0.25, -0.2) is 4.98 Å². The number of amides is 1. The lowest BCUT2D eigenvalue weighted by Crippen LogP contribution is -2.41. The number of benzene rings is 1. The topological polar surface area (TPSA) is 74.2 Å². The van der Waals surface area contributed by atoms with Gasteiger partial charge in [0.15, 0.2) is 0 Å². The van der Waals surface area contributed by atoms with E-state index < -0.39 is 6.10 Å². The van der Waals surface area contributed by atoms with Crippen molar-refractivity contribution in [2.45, 2.75) is 38.5 Å². The summed E-state index contributed by atoms with van der Waals surface area (Å²) in [6, 6.07) is 7.84. The Morgan fingerprint density at radius 2 is 2.17 bits per heavy atom. The van der Waals surface area contributed by atoms with Gasteiger partial charge in [0.05, 0.1) is 34.3 Å². The zero-order chi connectivity index (χ0) is 16.4. The summed E-state index contributed by atoms with van der Waals surface area (Å²) in [7, 11) is 0. The van der Waals surface area contributed by atoms with Crippen LogP contribution in [0.5, 0.6) is 0 Å². The Labute approximate surface area is 139 Å². The van der Waals surface area contributed by atoms with Crippen LogP contribution in [0.3, 0.4) is 0 Å². The van der Waals surface area contributed by atoms with Crippen molar-refractivity contribution in [3.63, 3.8) is 0 Å².